The molecule has 0 aromatic rings. The first-order valence-corrected chi connectivity index (χ1v) is 6.45. The molecule has 4 nitrogen and oxygen atoms in total. The van der Waals surface area contributed by atoms with Crippen molar-refractivity contribution in [1.29, 1.82) is 0 Å². The first-order valence-electron chi connectivity index (χ1n) is 6.45. The van der Waals surface area contributed by atoms with Gasteiger partial charge in [-0.2, -0.15) is 0 Å². The minimum absolute atomic E-state index is 0.432. The highest BCUT2D eigenvalue weighted by Crippen LogP contribution is 2.35. The summed E-state index contributed by atoms with van der Waals surface area (Å²) in [5.74, 6) is -3.82. The summed E-state index contributed by atoms with van der Waals surface area (Å²) in [7, 11) is 0. The van der Waals surface area contributed by atoms with Crippen LogP contribution >= 0.6 is 0 Å². The highest BCUT2D eigenvalue weighted by atomic mass is 16.5. The molecule has 0 saturated carbocycles. The van der Waals surface area contributed by atoms with Crippen molar-refractivity contribution >= 4 is 0 Å². The molecule has 0 aromatic carbocycles. The van der Waals surface area contributed by atoms with E-state index in [1.54, 1.807) is 52.0 Å². The Morgan fingerprint density at radius 3 is 0.950 bits per heavy atom. The van der Waals surface area contributed by atoms with Crippen LogP contribution in [0.3, 0.4) is 0 Å². The number of allylic oxidation sites excluding steroid dienone is 6. The smallest absolute Gasteiger partial charge is 0.209 e. The molecule has 0 aromatic heterocycles. The fraction of sp³-hybridized carbons (Fsp3) is 0.375. The molecule has 4 heteroatoms. The standard InChI is InChI=1S/C16H20O4/c1-9-5-13(6-10(2)15(9,17)18)14-7-11(3)16(19,20)12(4)8-14/h5-8,17-20H,1-4H3. The third-order valence-electron chi connectivity index (χ3n) is 4.02. The molecular formula is C16H20O4. The predicted molar refractivity (Wildman–Crippen MR) is 76.4 cm³/mol. The van der Waals surface area contributed by atoms with E-state index < -0.39 is 11.6 Å². The summed E-state index contributed by atoms with van der Waals surface area (Å²) in [6.45, 7) is 6.59. The quantitative estimate of drug-likeness (QED) is 0.505. The lowest BCUT2D eigenvalue weighted by Crippen LogP contribution is -2.34. The molecule has 0 atom stereocenters. The van der Waals surface area contributed by atoms with Crippen LogP contribution in [0.4, 0.5) is 0 Å². The predicted octanol–water partition coefficient (Wildman–Crippen LogP) is 1.46. The fourth-order valence-electron chi connectivity index (χ4n) is 2.37. The van der Waals surface area contributed by atoms with Crippen LogP contribution in [-0.4, -0.2) is 32.0 Å². The van der Waals surface area contributed by atoms with Crippen molar-refractivity contribution < 1.29 is 20.4 Å². The van der Waals surface area contributed by atoms with Crippen molar-refractivity contribution in [3.8, 4) is 0 Å². The van der Waals surface area contributed by atoms with Gasteiger partial charge in [-0.25, -0.2) is 0 Å². The van der Waals surface area contributed by atoms with Gasteiger partial charge in [-0.3, -0.25) is 0 Å². The van der Waals surface area contributed by atoms with Gasteiger partial charge in [0.1, 0.15) is 0 Å². The molecule has 0 radical (unpaired) electrons. The van der Waals surface area contributed by atoms with Crippen molar-refractivity contribution in [2.75, 3.05) is 0 Å². The highest BCUT2D eigenvalue weighted by Gasteiger charge is 2.33. The molecule has 0 unspecified atom stereocenters. The maximum atomic E-state index is 9.90. The van der Waals surface area contributed by atoms with Gasteiger partial charge in [-0.05, 0) is 85.4 Å². The van der Waals surface area contributed by atoms with Gasteiger partial charge in [0.25, 0.3) is 0 Å². The van der Waals surface area contributed by atoms with Crippen LogP contribution in [0, 0.1) is 0 Å². The molecule has 2 aliphatic rings. The van der Waals surface area contributed by atoms with E-state index >= 15 is 0 Å². The Morgan fingerprint density at radius 1 is 0.550 bits per heavy atom. The van der Waals surface area contributed by atoms with E-state index in [4.69, 9.17) is 0 Å². The minimum atomic E-state index is -1.91. The maximum Gasteiger partial charge on any atom is 0.209 e. The second kappa shape index (κ2) is 4.53. The molecule has 0 bridgehead atoms. The normalized spacial score (nSPS) is 24.8. The Hall–Kier alpha value is -1.46. The van der Waals surface area contributed by atoms with Gasteiger partial charge in [-0.1, -0.05) is 0 Å². The SMILES string of the molecule is CC1=CC(=C2C=C(C)C(O)(O)C(C)=C2)C=C(C)C1(O)O. The summed E-state index contributed by atoms with van der Waals surface area (Å²) in [6, 6.07) is 0. The highest BCUT2D eigenvalue weighted by molar-refractivity contribution is 5.57. The summed E-state index contributed by atoms with van der Waals surface area (Å²) in [5, 5.41) is 39.6. The number of hydrogen-bond donors (Lipinski definition) is 4. The maximum absolute atomic E-state index is 9.90. The summed E-state index contributed by atoms with van der Waals surface area (Å²) in [5.41, 5.74) is 3.36. The van der Waals surface area contributed by atoms with E-state index in [1.165, 1.54) is 0 Å². The Kier molecular flexibility index (Phi) is 3.38. The zero-order valence-electron chi connectivity index (χ0n) is 12.1. The van der Waals surface area contributed by atoms with Crippen molar-refractivity contribution in [2.24, 2.45) is 0 Å². The second-order valence-corrected chi connectivity index (χ2v) is 5.56. The summed E-state index contributed by atoms with van der Waals surface area (Å²) < 4.78 is 0. The Bertz CT molecular complexity index is 508. The Labute approximate surface area is 118 Å². The summed E-state index contributed by atoms with van der Waals surface area (Å²) in [4.78, 5) is 0. The average molecular weight is 276 g/mol. The Morgan fingerprint density at radius 2 is 0.750 bits per heavy atom. The van der Waals surface area contributed by atoms with Gasteiger partial charge < -0.3 is 20.4 Å². The molecule has 4 N–H and O–H groups in total. The first-order chi connectivity index (χ1) is 9.06. The molecular weight excluding hydrogens is 256 g/mol. The van der Waals surface area contributed by atoms with E-state index in [9.17, 15) is 20.4 Å². The molecule has 108 valence electrons. The molecule has 0 saturated heterocycles. The first kappa shape index (κ1) is 14.9. The number of hydrogen-bond acceptors (Lipinski definition) is 4. The monoisotopic (exact) mass is 276 g/mol. The van der Waals surface area contributed by atoms with Gasteiger partial charge in [0.2, 0.25) is 11.6 Å². The third kappa shape index (κ3) is 2.21. The van der Waals surface area contributed by atoms with Crippen LogP contribution in [0.15, 0.2) is 57.7 Å². The lowest BCUT2D eigenvalue weighted by Gasteiger charge is -2.30. The third-order valence-corrected chi connectivity index (χ3v) is 4.02. The molecule has 0 aliphatic heterocycles. The van der Waals surface area contributed by atoms with Crippen LogP contribution in [0.2, 0.25) is 0 Å². The summed E-state index contributed by atoms with van der Waals surface area (Å²) in [6.07, 6.45) is 6.77. The molecule has 0 spiro atoms. The van der Waals surface area contributed by atoms with E-state index in [0.717, 1.165) is 11.1 Å². The minimum Gasteiger partial charge on any atom is -0.359 e. The lowest BCUT2D eigenvalue weighted by molar-refractivity contribution is -0.0960. The van der Waals surface area contributed by atoms with Crippen LogP contribution in [0.1, 0.15) is 27.7 Å². The molecule has 0 fully saturated rings. The van der Waals surface area contributed by atoms with Crippen molar-refractivity contribution in [2.45, 2.75) is 39.3 Å². The average Bonchev–Trinajstić information content (AvgIpc) is 2.33. The van der Waals surface area contributed by atoms with Crippen LogP contribution in [0.25, 0.3) is 0 Å². The molecule has 0 amide bonds. The second-order valence-electron chi connectivity index (χ2n) is 5.56. The van der Waals surface area contributed by atoms with E-state index in [2.05, 4.69) is 0 Å². The van der Waals surface area contributed by atoms with Crippen LogP contribution < -0.4 is 0 Å². The van der Waals surface area contributed by atoms with Crippen molar-refractivity contribution in [3.05, 3.63) is 57.7 Å². The van der Waals surface area contributed by atoms with Gasteiger partial charge in [0.05, 0.1) is 0 Å². The van der Waals surface area contributed by atoms with Crippen molar-refractivity contribution in [1.82, 2.24) is 0 Å². The summed E-state index contributed by atoms with van der Waals surface area (Å²) >= 11 is 0. The van der Waals surface area contributed by atoms with E-state index in [0.29, 0.717) is 22.3 Å². The van der Waals surface area contributed by atoms with E-state index in [-0.39, 0.29) is 0 Å². The molecule has 0 heterocycles. The van der Waals surface area contributed by atoms with E-state index in [1.807, 2.05) is 0 Å². The lowest BCUT2D eigenvalue weighted by atomic mass is 9.84. The van der Waals surface area contributed by atoms with Gasteiger partial charge >= 0.3 is 0 Å². The molecule has 2 rings (SSSR count). The zero-order chi connectivity index (χ0) is 15.3. The van der Waals surface area contributed by atoms with Gasteiger partial charge in [-0.15, -0.1) is 0 Å². The zero-order valence-corrected chi connectivity index (χ0v) is 12.1. The molecule has 20 heavy (non-hydrogen) atoms. The van der Waals surface area contributed by atoms with Crippen LogP contribution in [0.5, 0.6) is 0 Å². The molecule has 2 aliphatic carbocycles. The number of rotatable bonds is 0. The van der Waals surface area contributed by atoms with Crippen LogP contribution in [-0.2, 0) is 0 Å². The number of aliphatic hydroxyl groups is 4. The fourth-order valence-corrected chi connectivity index (χ4v) is 2.37. The van der Waals surface area contributed by atoms with Crippen molar-refractivity contribution in [3.63, 3.8) is 0 Å². The van der Waals surface area contributed by atoms with Gasteiger partial charge in [0, 0.05) is 0 Å². The topological polar surface area (TPSA) is 80.9 Å². The van der Waals surface area contributed by atoms with Gasteiger partial charge in [0.15, 0.2) is 0 Å². The Balaban J connectivity index is 2.58. The largest absolute Gasteiger partial charge is 0.359 e.